The molecule has 0 fully saturated rings. The molecule has 0 saturated carbocycles. The van der Waals surface area contributed by atoms with Gasteiger partial charge in [0.1, 0.15) is 9.88 Å². The van der Waals surface area contributed by atoms with Crippen molar-refractivity contribution in [1.82, 2.24) is 4.98 Å². The molecule has 6 heteroatoms. The van der Waals surface area contributed by atoms with Crippen molar-refractivity contribution in [2.24, 2.45) is 0 Å². The van der Waals surface area contributed by atoms with Crippen LogP contribution >= 0.6 is 11.3 Å². The number of thiazole rings is 1. The van der Waals surface area contributed by atoms with E-state index in [1.54, 1.807) is 13.8 Å². The van der Waals surface area contributed by atoms with Crippen LogP contribution in [0.15, 0.2) is 18.2 Å². The second-order valence-electron chi connectivity index (χ2n) is 5.64. The van der Waals surface area contributed by atoms with Gasteiger partial charge in [0.05, 0.1) is 11.6 Å². The first kappa shape index (κ1) is 18.1. The van der Waals surface area contributed by atoms with Gasteiger partial charge in [0, 0.05) is 5.69 Å². The topological polar surface area (TPSA) is 79.3 Å². The monoisotopic (exact) mass is 346 g/mol. The fourth-order valence-electron chi connectivity index (χ4n) is 2.55. The lowest BCUT2D eigenvalue weighted by molar-refractivity contribution is -0.117. The van der Waals surface area contributed by atoms with Crippen molar-refractivity contribution in [3.8, 4) is 0 Å². The molecule has 1 unspecified atom stereocenters. The molecule has 1 atom stereocenters. The van der Waals surface area contributed by atoms with E-state index in [1.165, 1.54) is 0 Å². The van der Waals surface area contributed by atoms with Crippen molar-refractivity contribution < 1.29 is 14.7 Å². The van der Waals surface area contributed by atoms with E-state index in [4.69, 9.17) is 5.11 Å². The van der Waals surface area contributed by atoms with Gasteiger partial charge < -0.3 is 10.4 Å². The minimum atomic E-state index is -1.01. The highest BCUT2D eigenvalue weighted by Gasteiger charge is 2.23. The zero-order valence-electron chi connectivity index (χ0n) is 14.3. The summed E-state index contributed by atoms with van der Waals surface area (Å²) in [4.78, 5) is 28.2. The molecule has 0 saturated heterocycles. The van der Waals surface area contributed by atoms with Crippen LogP contribution in [0.3, 0.4) is 0 Å². The van der Waals surface area contributed by atoms with Crippen LogP contribution in [0.2, 0.25) is 0 Å². The number of carboxylic acids is 1. The average Bonchev–Trinajstić information content (AvgIpc) is 2.96. The van der Waals surface area contributed by atoms with Crippen molar-refractivity contribution in [3.05, 3.63) is 44.9 Å². The normalized spacial score (nSPS) is 12.0. The molecule has 1 aromatic heterocycles. The molecule has 2 N–H and O–H groups in total. The van der Waals surface area contributed by atoms with Crippen molar-refractivity contribution in [3.63, 3.8) is 0 Å². The SMILES string of the molecule is CCc1cccc(CC)c1NC(=O)C(C)c1nc(C)c(C(=O)O)s1. The Morgan fingerprint density at radius 1 is 1.25 bits per heavy atom. The number of para-hydroxylation sites is 1. The summed E-state index contributed by atoms with van der Waals surface area (Å²) >= 11 is 1.06. The first-order valence-corrected chi connectivity index (χ1v) is 8.82. The molecule has 1 amide bonds. The first-order chi connectivity index (χ1) is 11.4. The van der Waals surface area contributed by atoms with Gasteiger partial charge in [-0.2, -0.15) is 0 Å². The number of nitrogens with one attached hydrogen (secondary N) is 1. The van der Waals surface area contributed by atoms with Crippen LogP contribution in [0.5, 0.6) is 0 Å². The highest BCUT2D eigenvalue weighted by molar-refractivity contribution is 7.13. The molecule has 0 bridgehead atoms. The summed E-state index contributed by atoms with van der Waals surface area (Å²) in [5, 5.41) is 12.7. The highest BCUT2D eigenvalue weighted by Crippen LogP contribution is 2.28. The number of aromatic carboxylic acids is 1. The zero-order valence-corrected chi connectivity index (χ0v) is 15.2. The van der Waals surface area contributed by atoms with E-state index in [9.17, 15) is 9.59 Å². The summed E-state index contributed by atoms with van der Waals surface area (Å²) in [5.74, 6) is -1.68. The smallest absolute Gasteiger partial charge is 0.347 e. The number of nitrogens with zero attached hydrogens (tertiary/aromatic N) is 1. The summed E-state index contributed by atoms with van der Waals surface area (Å²) in [7, 11) is 0. The van der Waals surface area contributed by atoms with E-state index in [0.29, 0.717) is 10.7 Å². The quantitative estimate of drug-likeness (QED) is 0.828. The Kier molecular flexibility index (Phi) is 5.72. The van der Waals surface area contributed by atoms with Gasteiger partial charge in [-0.05, 0) is 37.8 Å². The van der Waals surface area contributed by atoms with E-state index in [-0.39, 0.29) is 10.8 Å². The van der Waals surface area contributed by atoms with Gasteiger partial charge in [-0.25, -0.2) is 9.78 Å². The summed E-state index contributed by atoms with van der Waals surface area (Å²) in [6.07, 6.45) is 1.66. The number of amides is 1. The third-order valence-corrected chi connectivity index (χ3v) is 5.35. The maximum atomic E-state index is 12.6. The summed E-state index contributed by atoms with van der Waals surface area (Å²) in [6, 6.07) is 6.02. The Labute approximate surface area is 145 Å². The summed E-state index contributed by atoms with van der Waals surface area (Å²) < 4.78 is 0. The molecule has 0 radical (unpaired) electrons. The fourth-order valence-corrected chi connectivity index (χ4v) is 3.50. The Morgan fingerprint density at radius 2 is 1.83 bits per heavy atom. The van der Waals surface area contributed by atoms with Crippen molar-refractivity contribution in [2.75, 3.05) is 5.32 Å². The molecule has 24 heavy (non-hydrogen) atoms. The van der Waals surface area contributed by atoms with Crippen LogP contribution in [0.4, 0.5) is 5.69 Å². The highest BCUT2D eigenvalue weighted by atomic mass is 32.1. The minimum absolute atomic E-state index is 0.170. The molecule has 0 aliphatic heterocycles. The Morgan fingerprint density at radius 3 is 2.29 bits per heavy atom. The molecule has 0 aliphatic carbocycles. The van der Waals surface area contributed by atoms with Gasteiger partial charge >= 0.3 is 5.97 Å². The van der Waals surface area contributed by atoms with E-state index < -0.39 is 11.9 Å². The molecular formula is C18H22N2O3S. The van der Waals surface area contributed by atoms with Gasteiger partial charge in [0.15, 0.2) is 0 Å². The molecular weight excluding hydrogens is 324 g/mol. The lowest BCUT2D eigenvalue weighted by atomic mass is 10.0. The van der Waals surface area contributed by atoms with E-state index >= 15 is 0 Å². The molecule has 5 nitrogen and oxygen atoms in total. The first-order valence-electron chi connectivity index (χ1n) is 8.01. The van der Waals surface area contributed by atoms with E-state index in [0.717, 1.165) is 41.0 Å². The fraction of sp³-hybridized carbons (Fsp3) is 0.389. The molecule has 128 valence electrons. The largest absolute Gasteiger partial charge is 0.477 e. The van der Waals surface area contributed by atoms with Gasteiger partial charge in [-0.1, -0.05) is 32.0 Å². The Balaban J connectivity index is 2.27. The maximum absolute atomic E-state index is 12.6. The molecule has 0 spiro atoms. The van der Waals surface area contributed by atoms with E-state index in [1.807, 2.05) is 18.2 Å². The second kappa shape index (κ2) is 7.57. The number of aromatic nitrogens is 1. The van der Waals surface area contributed by atoms with Gasteiger partial charge in [0.25, 0.3) is 0 Å². The van der Waals surface area contributed by atoms with Crippen LogP contribution in [0.1, 0.15) is 58.2 Å². The van der Waals surface area contributed by atoms with Gasteiger partial charge in [-0.15, -0.1) is 11.3 Å². The lowest BCUT2D eigenvalue weighted by Crippen LogP contribution is -2.20. The zero-order chi connectivity index (χ0) is 17.9. The predicted octanol–water partition coefficient (Wildman–Crippen LogP) is 4.02. The Bertz CT molecular complexity index is 745. The van der Waals surface area contributed by atoms with Crippen LogP contribution in [-0.2, 0) is 17.6 Å². The number of carbonyl (C=O) groups is 2. The molecule has 1 aromatic carbocycles. The third kappa shape index (κ3) is 3.64. The van der Waals surface area contributed by atoms with Gasteiger partial charge in [0.2, 0.25) is 5.91 Å². The molecule has 0 aliphatic rings. The second-order valence-corrected chi connectivity index (χ2v) is 6.67. The third-order valence-electron chi connectivity index (χ3n) is 4.02. The van der Waals surface area contributed by atoms with Crippen LogP contribution < -0.4 is 5.32 Å². The maximum Gasteiger partial charge on any atom is 0.347 e. The number of carbonyl (C=O) groups excluding carboxylic acids is 1. The molecule has 2 rings (SSSR count). The summed E-state index contributed by atoms with van der Waals surface area (Å²) in [5.41, 5.74) is 3.50. The number of carboxylic acid groups (broad SMARTS) is 1. The standard InChI is InChI=1S/C18H22N2O3S/c1-5-12-8-7-9-13(6-2)14(12)20-16(21)10(3)17-19-11(4)15(24-17)18(22)23/h7-10H,5-6H2,1-4H3,(H,20,21)(H,22,23). The Hall–Kier alpha value is -2.21. The predicted molar refractivity (Wildman–Crippen MR) is 96.1 cm³/mol. The number of hydrogen-bond donors (Lipinski definition) is 2. The summed E-state index contributed by atoms with van der Waals surface area (Å²) in [6.45, 7) is 7.50. The van der Waals surface area contributed by atoms with Crippen LogP contribution in [0, 0.1) is 6.92 Å². The molecule has 2 aromatic rings. The van der Waals surface area contributed by atoms with E-state index in [2.05, 4.69) is 24.1 Å². The average molecular weight is 346 g/mol. The van der Waals surface area contributed by atoms with Crippen molar-refractivity contribution in [2.45, 2.75) is 46.5 Å². The van der Waals surface area contributed by atoms with Gasteiger partial charge in [-0.3, -0.25) is 4.79 Å². The number of aryl methyl sites for hydroxylation is 3. The van der Waals surface area contributed by atoms with Crippen molar-refractivity contribution in [1.29, 1.82) is 0 Å². The lowest BCUT2D eigenvalue weighted by Gasteiger charge is -2.16. The van der Waals surface area contributed by atoms with Crippen molar-refractivity contribution >= 4 is 28.9 Å². The van der Waals surface area contributed by atoms with Crippen LogP contribution in [0.25, 0.3) is 0 Å². The number of hydrogen-bond acceptors (Lipinski definition) is 4. The number of rotatable bonds is 6. The number of anilines is 1. The minimum Gasteiger partial charge on any atom is -0.477 e. The van der Waals surface area contributed by atoms with Crippen LogP contribution in [-0.4, -0.2) is 22.0 Å². The molecule has 1 heterocycles. The number of benzene rings is 1.